The first-order valence-electron chi connectivity index (χ1n) is 6.11. The maximum atomic E-state index is 5.85. The Hall–Kier alpha value is -1.54. The van der Waals surface area contributed by atoms with E-state index in [2.05, 4.69) is 37.9 Å². The van der Waals surface area contributed by atoms with E-state index in [-0.39, 0.29) is 0 Å². The number of nitrogens with one attached hydrogen (secondary N) is 1. The van der Waals surface area contributed by atoms with Crippen molar-refractivity contribution in [2.45, 2.75) is 32.9 Å². The molecule has 0 aliphatic carbocycles. The quantitative estimate of drug-likeness (QED) is 0.791. The molecule has 1 aromatic heterocycles. The second-order valence-electron chi connectivity index (χ2n) is 4.26. The van der Waals surface area contributed by atoms with Crippen LogP contribution in [-0.2, 0) is 13.0 Å². The number of para-hydroxylation sites is 1. The summed E-state index contributed by atoms with van der Waals surface area (Å²) in [6, 6.07) is 8.52. The van der Waals surface area contributed by atoms with Crippen LogP contribution < -0.4 is 5.32 Å². The number of hydrogen-bond acceptors (Lipinski definition) is 2. The third-order valence-corrected chi connectivity index (χ3v) is 3.06. The van der Waals surface area contributed by atoms with Crippen LogP contribution in [0, 0.1) is 0 Å². The molecule has 2 nitrogen and oxygen atoms in total. The summed E-state index contributed by atoms with van der Waals surface area (Å²) in [5.74, 6) is 1.08. The van der Waals surface area contributed by atoms with Gasteiger partial charge in [-0.05, 0) is 13.0 Å². The fourth-order valence-electron chi connectivity index (χ4n) is 1.98. The number of fused-ring (bicyclic) bond motifs is 1. The smallest absolute Gasteiger partial charge is 0.134 e. The number of hydrogen-bond donors (Lipinski definition) is 1. The minimum absolute atomic E-state index is 0.313. The van der Waals surface area contributed by atoms with Crippen LogP contribution in [0.2, 0.25) is 0 Å². The summed E-state index contributed by atoms with van der Waals surface area (Å²) in [7, 11) is 0. The van der Waals surface area contributed by atoms with Crippen molar-refractivity contribution in [3.05, 3.63) is 48.2 Å². The molecular formula is C15H19NO. The highest BCUT2D eigenvalue weighted by Gasteiger charge is 2.12. The van der Waals surface area contributed by atoms with Crippen LogP contribution in [0.5, 0.6) is 0 Å². The predicted octanol–water partition coefficient (Wildman–Crippen LogP) is 3.66. The molecule has 0 fully saturated rings. The Bertz CT molecular complexity index is 513. The van der Waals surface area contributed by atoms with Crippen LogP contribution in [0.4, 0.5) is 0 Å². The number of benzene rings is 1. The van der Waals surface area contributed by atoms with Crippen LogP contribution in [-0.4, -0.2) is 6.04 Å². The minimum atomic E-state index is 0.313. The fraction of sp³-hybridized carbons (Fsp3) is 0.333. The van der Waals surface area contributed by atoms with Crippen molar-refractivity contribution in [1.82, 2.24) is 5.32 Å². The zero-order valence-corrected chi connectivity index (χ0v) is 10.5. The van der Waals surface area contributed by atoms with E-state index in [4.69, 9.17) is 4.42 Å². The number of furan rings is 1. The maximum absolute atomic E-state index is 5.85. The van der Waals surface area contributed by atoms with Crippen molar-refractivity contribution in [3.8, 4) is 0 Å². The topological polar surface area (TPSA) is 25.2 Å². The van der Waals surface area contributed by atoms with Crippen LogP contribution in [0.1, 0.15) is 25.2 Å². The predicted molar refractivity (Wildman–Crippen MR) is 72.1 cm³/mol. The Labute approximate surface area is 102 Å². The zero-order valence-electron chi connectivity index (χ0n) is 10.5. The molecule has 1 aromatic carbocycles. The fourth-order valence-corrected chi connectivity index (χ4v) is 1.98. The van der Waals surface area contributed by atoms with Crippen LogP contribution in [0.15, 0.2) is 41.3 Å². The van der Waals surface area contributed by atoms with Gasteiger partial charge in [0.1, 0.15) is 11.3 Å². The summed E-state index contributed by atoms with van der Waals surface area (Å²) in [6.07, 6.45) is 2.84. The van der Waals surface area contributed by atoms with Gasteiger partial charge in [-0.3, -0.25) is 0 Å². The second-order valence-corrected chi connectivity index (χ2v) is 4.26. The maximum Gasteiger partial charge on any atom is 0.134 e. The molecule has 2 aromatic rings. The summed E-state index contributed by atoms with van der Waals surface area (Å²) < 4.78 is 5.85. The van der Waals surface area contributed by atoms with Gasteiger partial charge in [0.15, 0.2) is 0 Å². The van der Waals surface area contributed by atoms with E-state index in [1.807, 2.05) is 18.2 Å². The van der Waals surface area contributed by atoms with Gasteiger partial charge in [0.2, 0.25) is 0 Å². The van der Waals surface area contributed by atoms with E-state index in [1.54, 1.807) is 0 Å². The lowest BCUT2D eigenvalue weighted by Gasteiger charge is -2.08. The van der Waals surface area contributed by atoms with Gasteiger partial charge in [0.05, 0.1) is 0 Å². The van der Waals surface area contributed by atoms with Crippen molar-refractivity contribution >= 4 is 11.0 Å². The molecule has 1 unspecified atom stereocenters. The molecule has 0 spiro atoms. The van der Waals surface area contributed by atoms with Crippen molar-refractivity contribution in [2.75, 3.05) is 0 Å². The lowest BCUT2D eigenvalue weighted by atomic mass is 10.1. The number of aryl methyl sites for hydroxylation is 1. The SMILES string of the molecule is C=CC(C)NCc1c(CC)oc2ccccc12. The van der Waals surface area contributed by atoms with Crippen molar-refractivity contribution in [2.24, 2.45) is 0 Å². The van der Waals surface area contributed by atoms with E-state index in [0.29, 0.717) is 6.04 Å². The van der Waals surface area contributed by atoms with Gasteiger partial charge >= 0.3 is 0 Å². The Kier molecular flexibility index (Phi) is 3.64. The molecule has 2 rings (SSSR count). The average Bonchev–Trinajstić information content (AvgIpc) is 2.73. The molecule has 0 bridgehead atoms. The largest absolute Gasteiger partial charge is 0.461 e. The Morgan fingerprint density at radius 3 is 2.88 bits per heavy atom. The highest BCUT2D eigenvalue weighted by Crippen LogP contribution is 2.26. The Balaban J connectivity index is 2.33. The first-order chi connectivity index (χ1) is 8.26. The molecule has 0 amide bonds. The molecule has 2 heteroatoms. The summed E-state index contributed by atoms with van der Waals surface area (Å²) in [4.78, 5) is 0. The van der Waals surface area contributed by atoms with Gasteiger partial charge in [-0.25, -0.2) is 0 Å². The average molecular weight is 229 g/mol. The van der Waals surface area contributed by atoms with E-state index in [0.717, 1.165) is 24.3 Å². The molecule has 0 radical (unpaired) electrons. The normalized spacial score (nSPS) is 12.8. The summed E-state index contributed by atoms with van der Waals surface area (Å²) >= 11 is 0. The molecule has 0 saturated heterocycles. The van der Waals surface area contributed by atoms with E-state index >= 15 is 0 Å². The highest BCUT2D eigenvalue weighted by molar-refractivity contribution is 5.82. The summed E-state index contributed by atoms with van der Waals surface area (Å²) in [5, 5.41) is 4.64. The Morgan fingerprint density at radius 1 is 1.41 bits per heavy atom. The number of rotatable bonds is 5. The summed E-state index contributed by atoms with van der Waals surface area (Å²) in [5.41, 5.74) is 2.25. The molecule has 0 aliphatic rings. The van der Waals surface area contributed by atoms with E-state index in [9.17, 15) is 0 Å². The standard InChI is InChI=1S/C15H19NO/c1-4-11(3)16-10-13-12-8-6-7-9-15(12)17-14(13)5-2/h4,6-9,11,16H,1,5,10H2,2-3H3. The molecular weight excluding hydrogens is 210 g/mol. The molecule has 0 saturated carbocycles. The van der Waals surface area contributed by atoms with Gasteiger partial charge < -0.3 is 9.73 Å². The van der Waals surface area contributed by atoms with Gasteiger partial charge in [-0.2, -0.15) is 0 Å². The molecule has 90 valence electrons. The van der Waals surface area contributed by atoms with Crippen molar-refractivity contribution < 1.29 is 4.42 Å². The van der Waals surface area contributed by atoms with Crippen LogP contribution in [0.3, 0.4) is 0 Å². The van der Waals surface area contributed by atoms with Gasteiger partial charge in [-0.1, -0.05) is 31.2 Å². The van der Waals surface area contributed by atoms with Crippen LogP contribution in [0.25, 0.3) is 11.0 Å². The van der Waals surface area contributed by atoms with Crippen LogP contribution >= 0.6 is 0 Å². The van der Waals surface area contributed by atoms with E-state index in [1.165, 1.54) is 10.9 Å². The molecule has 1 heterocycles. The second kappa shape index (κ2) is 5.19. The van der Waals surface area contributed by atoms with Crippen molar-refractivity contribution in [1.29, 1.82) is 0 Å². The van der Waals surface area contributed by atoms with Crippen molar-refractivity contribution in [3.63, 3.8) is 0 Å². The molecule has 0 aliphatic heterocycles. The van der Waals surface area contributed by atoms with Gasteiger partial charge in [-0.15, -0.1) is 6.58 Å². The molecule has 17 heavy (non-hydrogen) atoms. The Morgan fingerprint density at radius 2 is 2.18 bits per heavy atom. The lowest BCUT2D eigenvalue weighted by Crippen LogP contribution is -2.23. The third-order valence-electron chi connectivity index (χ3n) is 3.06. The molecule has 1 atom stereocenters. The van der Waals surface area contributed by atoms with Gasteiger partial charge in [0.25, 0.3) is 0 Å². The molecule has 1 N–H and O–H groups in total. The summed E-state index contributed by atoms with van der Waals surface area (Å²) in [6.45, 7) is 8.83. The first-order valence-corrected chi connectivity index (χ1v) is 6.11. The monoisotopic (exact) mass is 229 g/mol. The lowest BCUT2D eigenvalue weighted by molar-refractivity contribution is 0.540. The van der Waals surface area contributed by atoms with Gasteiger partial charge in [0, 0.05) is 30.0 Å². The zero-order chi connectivity index (χ0) is 12.3. The minimum Gasteiger partial charge on any atom is -0.461 e. The third kappa shape index (κ3) is 2.42. The first kappa shape index (κ1) is 11.9. The highest BCUT2D eigenvalue weighted by atomic mass is 16.3. The van der Waals surface area contributed by atoms with E-state index < -0.39 is 0 Å².